The van der Waals surface area contributed by atoms with E-state index in [1.165, 1.54) is 7.11 Å². The highest BCUT2D eigenvalue weighted by Crippen LogP contribution is 2.11. The van der Waals surface area contributed by atoms with E-state index in [4.69, 9.17) is 4.74 Å². The second-order valence-electron chi connectivity index (χ2n) is 6.04. The molecular formula is C17H25N3O5S. The molecule has 8 nitrogen and oxygen atoms in total. The summed E-state index contributed by atoms with van der Waals surface area (Å²) in [5, 5.41) is 2.58. The fraction of sp³-hybridized carbons (Fsp3) is 0.529. The number of carbonyl (C=O) groups is 2. The average Bonchev–Trinajstić information content (AvgIpc) is 3.03. The van der Waals surface area contributed by atoms with Crippen LogP contribution in [-0.4, -0.2) is 64.2 Å². The van der Waals surface area contributed by atoms with Gasteiger partial charge < -0.3 is 15.0 Å². The van der Waals surface area contributed by atoms with Crippen LogP contribution in [-0.2, 0) is 14.8 Å². The molecule has 1 fully saturated rings. The Morgan fingerprint density at radius 2 is 1.96 bits per heavy atom. The Kier molecular flexibility index (Phi) is 7.40. The minimum atomic E-state index is -3.47. The van der Waals surface area contributed by atoms with Gasteiger partial charge in [0.2, 0.25) is 15.9 Å². The lowest BCUT2D eigenvalue weighted by Crippen LogP contribution is -2.36. The van der Waals surface area contributed by atoms with Gasteiger partial charge in [-0.3, -0.25) is 9.59 Å². The van der Waals surface area contributed by atoms with Crippen molar-refractivity contribution in [3.05, 3.63) is 29.8 Å². The fourth-order valence-corrected chi connectivity index (χ4v) is 3.62. The molecule has 1 aromatic rings. The normalized spacial score (nSPS) is 14.5. The quantitative estimate of drug-likeness (QED) is 0.568. The predicted octanol–water partition coefficient (Wildman–Crippen LogP) is 0.357. The van der Waals surface area contributed by atoms with Gasteiger partial charge in [-0.05, 0) is 37.1 Å². The third-order valence-electron chi connectivity index (χ3n) is 4.11. The number of nitrogens with zero attached hydrogens (tertiary/aromatic N) is 1. The Labute approximate surface area is 153 Å². The molecule has 0 radical (unpaired) electrons. The zero-order chi connectivity index (χ0) is 19.0. The Bertz CT molecular complexity index is 718. The number of hydrogen-bond acceptors (Lipinski definition) is 5. The maximum atomic E-state index is 12.0. The molecule has 1 aliphatic rings. The first-order valence-corrected chi connectivity index (χ1v) is 10.2. The van der Waals surface area contributed by atoms with Crippen LogP contribution in [0.1, 0.15) is 29.6 Å². The van der Waals surface area contributed by atoms with E-state index in [0.717, 1.165) is 13.0 Å². The summed E-state index contributed by atoms with van der Waals surface area (Å²) in [7, 11) is -1.93. The van der Waals surface area contributed by atoms with E-state index in [2.05, 4.69) is 10.0 Å². The van der Waals surface area contributed by atoms with Crippen molar-refractivity contribution in [1.82, 2.24) is 14.9 Å². The molecule has 0 spiro atoms. The second kappa shape index (κ2) is 9.54. The third-order valence-corrected chi connectivity index (χ3v) is 5.49. The van der Waals surface area contributed by atoms with E-state index in [1.54, 1.807) is 29.2 Å². The standard InChI is InChI=1S/C17H25N3O5S/c1-25-15-7-5-14(6-8-15)17(22)18-10-13-26(23,24)19-9-3-12-20-11-2-4-16(20)21/h5-8,19H,2-4,9-13H2,1H3,(H,18,22). The maximum Gasteiger partial charge on any atom is 0.251 e. The van der Waals surface area contributed by atoms with Crippen LogP contribution < -0.4 is 14.8 Å². The summed E-state index contributed by atoms with van der Waals surface area (Å²) in [6, 6.07) is 6.55. The summed E-state index contributed by atoms with van der Waals surface area (Å²) >= 11 is 0. The average molecular weight is 383 g/mol. The predicted molar refractivity (Wildman–Crippen MR) is 97.5 cm³/mol. The van der Waals surface area contributed by atoms with Crippen molar-refractivity contribution >= 4 is 21.8 Å². The smallest absolute Gasteiger partial charge is 0.251 e. The highest BCUT2D eigenvalue weighted by atomic mass is 32.2. The lowest BCUT2D eigenvalue weighted by molar-refractivity contribution is -0.127. The number of nitrogens with one attached hydrogen (secondary N) is 2. The number of sulfonamides is 1. The van der Waals surface area contributed by atoms with Gasteiger partial charge in [0.05, 0.1) is 12.9 Å². The fourth-order valence-electron chi connectivity index (χ4n) is 2.65. The summed E-state index contributed by atoms with van der Waals surface area (Å²) in [6.45, 7) is 1.61. The molecule has 1 aliphatic heterocycles. The van der Waals surface area contributed by atoms with Crippen molar-refractivity contribution in [2.24, 2.45) is 0 Å². The summed E-state index contributed by atoms with van der Waals surface area (Å²) in [5.74, 6) is 0.242. The van der Waals surface area contributed by atoms with Gasteiger partial charge in [0, 0.05) is 38.2 Å². The van der Waals surface area contributed by atoms with Gasteiger partial charge in [-0.25, -0.2) is 13.1 Å². The zero-order valence-electron chi connectivity index (χ0n) is 14.9. The Balaban J connectivity index is 1.65. The van der Waals surface area contributed by atoms with E-state index in [9.17, 15) is 18.0 Å². The number of rotatable bonds is 10. The molecule has 2 N–H and O–H groups in total. The summed E-state index contributed by atoms with van der Waals surface area (Å²) in [4.78, 5) is 25.2. The molecule has 0 aliphatic carbocycles. The van der Waals surface area contributed by atoms with Gasteiger partial charge in [-0.2, -0.15) is 0 Å². The van der Waals surface area contributed by atoms with Crippen molar-refractivity contribution in [1.29, 1.82) is 0 Å². The summed E-state index contributed by atoms with van der Waals surface area (Å²) in [6.07, 6.45) is 2.03. The monoisotopic (exact) mass is 383 g/mol. The SMILES string of the molecule is COc1ccc(C(=O)NCCS(=O)(=O)NCCCN2CCCC2=O)cc1. The summed E-state index contributed by atoms with van der Waals surface area (Å²) < 4.78 is 31.4. The van der Waals surface area contributed by atoms with Gasteiger partial charge in [0.1, 0.15) is 5.75 Å². The van der Waals surface area contributed by atoms with E-state index in [1.807, 2.05) is 0 Å². The van der Waals surface area contributed by atoms with E-state index in [-0.39, 0.29) is 30.7 Å². The lowest BCUT2D eigenvalue weighted by atomic mass is 10.2. The third kappa shape index (κ3) is 6.30. The molecule has 0 saturated carbocycles. The van der Waals surface area contributed by atoms with E-state index >= 15 is 0 Å². The van der Waals surface area contributed by atoms with Crippen LogP contribution in [0, 0.1) is 0 Å². The molecule has 1 aromatic carbocycles. The number of methoxy groups -OCH3 is 1. The number of ether oxygens (including phenoxy) is 1. The Hall–Kier alpha value is -2.13. The van der Waals surface area contributed by atoms with Gasteiger partial charge in [-0.15, -0.1) is 0 Å². The Morgan fingerprint density at radius 3 is 2.58 bits per heavy atom. The van der Waals surface area contributed by atoms with Gasteiger partial charge in [-0.1, -0.05) is 0 Å². The van der Waals surface area contributed by atoms with Crippen LogP contribution in [0.15, 0.2) is 24.3 Å². The number of carbonyl (C=O) groups excluding carboxylic acids is 2. The second-order valence-corrected chi connectivity index (χ2v) is 7.96. The van der Waals surface area contributed by atoms with Crippen LogP contribution in [0.5, 0.6) is 5.75 Å². The zero-order valence-corrected chi connectivity index (χ0v) is 15.7. The van der Waals surface area contributed by atoms with Crippen LogP contribution >= 0.6 is 0 Å². The molecule has 1 saturated heterocycles. The van der Waals surface area contributed by atoms with Crippen LogP contribution in [0.4, 0.5) is 0 Å². The van der Waals surface area contributed by atoms with Crippen molar-refractivity contribution in [3.8, 4) is 5.75 Å². The first-order valence-electron chi connectivity index (χ1n) is 8.58. The number of benzene rings is 1. The molecule has 2 rings (SSSR count). The molecule has 0 atom stereocenters. The molecular weight excluding hydrogens is 358 g/mol. The van der Waals surface area contributed by atoms with E-state index in [0.29, 0.717) is 30.7 Å². The van der Waals surface area contributed by atoms with Crippen LogP contribution in [0.25, 0.3) is 0 Å². The van der Waals surface area contributed by atoms with Crippen molar-refractivity contribution in [2.45, 2.75) is 19.3 Å². The Morgan fingerprint density at radius 1 is 1.23 bits per heavy atom. The number of amides is 2. The van der Waals surface area contributed by atoms with Crippen LogP contribution in [0.3, 0.4) is 0 Å². The molecule has 1 heterocycles. The molecule has 0 bridgehead atoms. The molecule has 144 valence electrons. The van der Waals surface area contributed by atoms with Crippen molar-refractivity contribution < 1.29 is 22.7 Å². The van der Waals surface area contributed by atoms with Crippen LogP contribution in [0.2, 0.25) is 0 Å². The molecule has 2 amide bonds. The summed E-state index contributed by atoms with van der Waals surface area (Å²) in [5.41, 5.74) is 0.437. The van der Waals surface area contributed by atoms with E-state index < -0.39 is 10.0 Å². The van der Waals surface area contributed by atoms with Gasteiger partial charge in [0.25, 0.3) is 5.91 Å². The maximum absolute atomic E-state index is 12.0. The molecule has 0 aromatic heterocycles. The lowest BCUT2D eigenvalue weighted by Gasteiger charge is -2.15. The van der Waals surface area contributed by atoms with Gasteiger partial charge >= 0.3 is 0 Å². The minimum Gasteiger partial charge on any atom is -0.497 e. The van der Waals surface area contributed by atoms with Crippen molar-refractivity contribution in [3.63, 3.8) is 0 Å². The number of likely N-dealkylation sites (tertiary alicyclic amines) is 1. The number of hydrogen-bond donors (Lipinski definition) is 2. The van der Waals surface area contributed by atoms with Crippen molar-refractivity contribution in [2.75, 3.05) is 39.0 Å². The van der Waals surface area contributed by atoms with Gasteiger partial charge in [0.15, 0.2) is 0 Å². The first-order chi connectivity index (χ1) is 12.4. The molecule has 0 unspecified atom stereocenters. The molecule has 26 heavy (non-hydrogen) atoms. The largest absolute Gasteiger partial charge is 0.497 e. The topological polar surface area (TPSA) is 105 Å². The molecule has 9 heteroatoms. The highest BCUT2D eigenvalue weighted by Gasteiger charge is 2.19. The first kappa shape index (κ1) is 20.2. The minimum absolute atomic E-state index is 0.0187. The highest BCUT2D eigenvalue weighted by molar-refractivity contribution is 7.89.